The van der Waals surface area contributed by atoms with Gasteiger partial charge in [0.15, 0.2) is 0 Å². The number of rotatable bonds is 12. The molecule has 19 nitrogen and oxygen atoms in total. The number of anilines is 2. The number of non-ortho nitro benzene ring substituents is 2. The van der Waals surface area contributed by atoms with E-state index in [9.17, 15) is 50.7 Å². The van der Waals surface area contributed by atoms with Crippen molar-refractivity contribution in [1.82, 2.24) is 0 Å². The van der Waals surface area contributed by atoms with Crippen molar-refractivity contribution >= 4 is 46.1 Å². The lowest BCUT2D eigenvalue weighted by Gasteiger charge is -2.15. The predicted molar refractivity (Wildman–Crippen MR) is 122 cm³/mol. The van der Waals surface area contributed by atoms with E-state index in [1.807, 2.05) is 0 Å². The Hall–Kier alpha value is -5.14. The largest absolute Gasteiger partial charge is 0.394 e. The maximum Gasteiger partial charge on any atom is 0.301 e. The molecule has 0 saturated carbocycles. The van der Waals surface area contributed by atoms with Crippen molar-refractivity contribution < 1.29 is 35.0 Å². The fraction of sp³-hybridized carbons (Fsp3) is 0.176. The fourth-order valence-electron chi connectivity index (χ4n) is 2.52. The van der Waals surface area contributed by atoms with E-state index in [0.29, 0.717) is 12.1 Å². The van der Waals surface area contributed by atoms with E-state index in [4.69, 9.17) is 5.11 Å². The first-order chi connectivity index (χ1) is 17.0. The number of aliphatic hydroxyl groups excluding tert-OH is 3. The molecule has 2 aromatic carbocycles. The second kappa shape index (κ2) is 11.8. The molecule has 0 heterocycles. The van der Waals surface area contributed by atoms with Crippen molar-refractivity contribution in [2.75, 3.05) is 17.5 Å². The Bertz CT molecular complexity index is 1250. The quantitative estimate of drug-likeness (QED) is 0.151. The number of nitrogens with one attached hydrogen (secondary N) is 2. The Morgan fingerprint density at radius 2 is 1.31 bits per heavy atom. The summed E-state index contributed by atoms with van der Waals surface area (Å²) in [6, 6.07) is 5.17. The summed E-state index contributed by atoms with van der Waals surface area (Å²) in [4.78, 5) is 40.6. The number of nitro benzene ring substituents is 4. The first-order valence-electron chi connectivity index (χ1n) is 9.41. The summed E-state index contributed by atoms with van der Waals surface area (Å²) < 4.78 is 0. The van der Waals surface area contributed by atoms with E-state index in [1.54, 1.807) is 0 Å². The third-order valence-corrected chi connectivity index (χ3v) is 4.32. The number of nitro groups is 4. The fourth-order valence-corrected chi connectivity index (χ4v) is 2.52. The van der Waals surface area contributed by atoms with Gasteiger partial charge in [0, 0.05) is 12.1 Å². The number of hydrazone groups is 2. The number of benzene rings is 2. The number of aliphatic hydroxyl groups is 3. The van der Waals surface area contributed by atoms with Gasteiger partial charge in [0.25, 0.3) is 11.4 Å². The molecule has 0 aliphatic rings. The SMILES string of the molecule is O=[N+]([O-])c1ccc(NN=C(/C=N/Nc2ccc([N+](=O)[O-])cc2[N+](=O)[O-])C(O)C(O)CO)c([N+](=O)[O-])c1. The van der Waals surface area contributed by atoms with Crippen LogP contribution in [0.4, 0.5) is 34.1 Å². The van der Waals surface area contributed by atoms with Gasteiger partial charge in [0.2, 0.25) is 0 Å². The maximum absolute atomic E-state index is 11.3. The van der Waals surface area contributed by atoms with Crippen molar-refractivity contribution in [1.29, 1.82) is 0 Å². The van der Waals surface area contributed by atoms with E-state index >= 15 is 0 Å². The molecule has 5 N–H and O–H groups in total. The van der Waals surface area contributed by atoms with Crippen molar-refractivity contribution in [2.45, 2.75) is 12.2 Å². The summed E-state index contributed by atoms with van der Waals surface area (Å²) in [6.07, 6.45) is -2.98. The summed E-state index contributed by atoms with van der Waals surface area (Å²) in [5, 5.41) is 80.4. The summed E-state index contributed by atoms with van der Waals surface area (Å²) >= 11 is 0. The number of hydrogen-bond donors (Lipinski definition) is 5. The van der Waals surface area contributed by atoms with Crippen LogP contribution in [0.15, 0.2) is 46.6 Å². The summed E-state index contributed by atoms with van der Waals surface area (Å²) in [6.45, 7) is -0.938. The standard InChI is InChI=1S/C17H16N8O11/c26-8-16(27)17(28)13(21-20-12-4-2-10(23(31)32)6-15(12)25(35)36)7-18-19-11-3-1-9(22(29)30)5-14(11)24(33)34/h1-7,16-17,19-20,26-28H,8H2/b18-7+,21-13?. The Balaban J connectivity index is 2.39. The number of nitrogens with zero attached hydrogens (tertiary/aromatic N) is 6. The second-order valence-corrected chi connectivity index (χ2v) is 6.64. The molecule has 2 unspecified atom stereocenters. The van der Waals surface area contributed by atoms with Crippen LogP contribution in [0.3, 0.4) is 0 Å². The van der Waals surface area contributed by atoms with Crippen LogP contribution in [0.25, 0.3) is 0 Å². The molecule has 0 aliphatic heterocycles. The topological polar surface area (TPSA) is 282 Å². The minimum Gasteiger partial charge on any atom is -0.394 e. The van der Waals surface area contributed by atoms with Crippen molar-refractivity contribution in [2.24, 2.45) is 10.2 Å². The zero-order valence-corrected chi connectivity index (χ0v) is 17.7. The van der Waals surface area contributed by atoms with Crippen LogP contribution in [0.5, 0.6) is 0 Å². The number of hydrogen-bond acceptors (Lipinski definition) is 15. The average molecular weight is 508 g/mol. The van der Waals surface area contributed by atoms with Gasteiger partial charge in [0.1, 0.15) is 29.3 Å². The monoisotopic (exact) mass is 508 g/mol. The smallest absolute Gasteiger partial charge is 0.301 e. The van der Waals surface area contributed by atoms with Crippen LogP contribution in [-0.2, 0) is 0 Å². The lowest BCUT2D eigenvalue weighted by atomic mass is 10.1. The van der Waals surface area contributed by atoms with Gasteiger partial charge in [-0.15, -0.1) is 0 Å². The molecule has 2 rings (SSSR count). The average Bonchev–Trinajstić information content (AvgIpc) is 2.84. The van der Waals surface area contributed by atoms with Gasteiger partial charge in [-0.25, -0.2) is 0 Å². The van der Waals surface area contributed by atoms with Crippen LogP contribution in [0.1, 0.15) is 0 Å². The Morgan fingerprint density at radius 1 is 0.833 bits per heavy atom. The summed E-state index contributed by atoms with van der Waals surface area (Å²) in [7, 11) is 0. The van der Waals surface area contributed by atoms with Crippen LogP contribution < -0.4 is 10.9 Å². The van der Waals surface area contributed by atoms with Gasteiger partial charge in [-0.3, -0.25) is 51.3 Å². The van der Waals surface area contributed by atoms with Gasteiger partial charge < -0.3 is 15.3 Å². The van der Waals surface area contributed by atoms with Gasteiger partial charge >= 0.3 is 11.4 Å². The summed E-state index contributed by atoms with van der Waals surface area (Å²) in [5.41, 5.74) is 0.612. The molecule has 0 aliphatic carbocycles. The Morgan fingerprint density at radius 3 is 1.72 bits per heavy atom. The highest BCUT2D eigenvalue weighted by molar-refractivity contribution is 6.33. The zero-order valence-electron chi connectivity index (χ0n) is 17.7. The first-order valence-corrected chi connectivity index (χ1v) is 9.41. The van der Waals surface area contributed by atoms with Crippen molar-refractivity contribution in [3.63, 3.8) is 0 Å². The molecule has 0 fully saturated rings. The van der Waals surface area contributed by atoms with E-state index < -0.39 is 67.0 Å². The molecule has 190 valence electrons. The molecule has 2 aromatic rings. The van der Waals surface area contributed by atoms with Crippen LogP contribution in [0.2, 0.25) is 0 Å². The highest BCUT2D eigenvalue weighted by Crippen LogP contribution is 2.30. The molecular formula is C17H16N8O11. The van der Waals surface area contributed by atoms with Gasteiger partial charge in [0.05, 0.1) is 44.6 Å². The van der Waals surface area contributed by atoms with E-state index in [0.717, 1.165) is 30.5 Å². The van der Waals surface area contributed by atoms with Crippen LogP contribution >= 0.6 is 0 Å². The minimum atomic E-state index is -1.92. The van der Waals surface area contributed by atoms with Gasteiger partial charge in [-0.05, 0) is 12.1 Å². The van der Waals surface area contributed by atoms with Crippen molar-refractivity contribution in [3.8, 4) is 0 Å². The third-order valence-electron chi connectivity index (χ3n) is 4.32. The molecule has 19 heteroatoms. The lowest BCUT2D eigenvalue weighted by molar-refractivity contribution is -0.393. The third kappa shape index (κ3) is 6.69. The maximum atomic E-state index is 11.3. The normalized spacial score (nSPS) is 13.1. The highest BCUT2D eigenvalue weighted by atomic mass is 16.6. The molecule has 0 spiro atoms. The first kappa shape index (κ1) is 27.1. The zero-order chi connectivity index (χ0) is 27.0. The van der Waals surface area contributed by atoms with E-state index in [2.05, 4.69) is 21.1 Å². The van der Waals surface area contributed by atoms with E-state index in [1.165, 1.54) is 0 Å². The highest BCUT2D eigenvalue weighted by Gasteiger charge is 2.23. The molecule has 36 heavy (non-hydrogen) atoms. The van der Waals surface area contributed by atoms with Gasteiger partial charge in [-0.2, -0.15) is 10.2 Å². The summed E-state index contributed by atoms with van der Waals surface area (Å²) in [5.74, 6) is 0. The second-order valence-electron chi connectivity index (χ2n) is 6.64. The molecule has 0 radical (unpaired) electrons. The predicted octanol–water partition coefficient (Wildman–Crippen LogP) is 0.899. The van der Waals surface area contributed by atoms with Crippen LogP contribution in [0, 0.1) is 40.5 Å². The molecule has 2 atom stereocenters. The van der Waals surface area contributed by atoms with Gasteiger partial charge in [-0.1, -0.05) is 0 Å². The molecular weight excluding hydrogens is 492 g/mol. The lowest BCUT2D eigenvalue weighted by Crippen LogP contribution is -2.37. The molecule has 0 bridgehead atoms. The minimum absolute atomic E-state index is 0.294. The Kier molecular flexibility index (Phi) is 8.90. The van der Waals surface area contributed by atoms with Crippen LogP contribution in [-0.4, -0.2) is 65.8 Å². The van der Waals surface area contributed by atoms with Crippen molar-refractivity contribution in [3.05, 3.63) is 76.9 Å². The molecule has 0 saturated heterocycles. The molecule has 0 aromatic heterocycles. The molecule has 0 amide bonds. The van der Waals surface area contributed by atoms with E-state index in [-0.39, 0.29) is 11.4 Å². The Labute approximate surface area is 198 Å².